The zero-order valence-electron chi connectivity index (χ0n) is 18.9. The lowest BCUT2D eigenvalue weighted by molar-refractivity contribution is -0.0201. The Balaban J connectivity index is 1.94. The van der Waals surface area contributed by atoms with Crippen molar-refractivity contribution in [2.45, 2.75) is 39.3 Å². The quantitative estimate of drug-likeness (QED) is 0.369. The van der Waals surface area contributed by atoms with E-state index in [2.05, 4.69) is 27.4 Å². The number of hydrogen-bond donors (Lipinski definition) is 3. The molecule has 2 rings (SSSR count). The fourth-order valence-corrected chi connectivity index (χ4v) is 3.22. The van der Waals surface area contributed by atoms with Gasteiger partial charge in [-0.2, -0.15) is 0 Å². The van der Waals surface area contributed by atoms with Crippen molar-refractivity contribution >= 4 is 5.96 Å². The van der Waals surface area contributed by atoms with E-state index in [4.69, 9.17) is 14.2 Å². The molecule has 0 bridgehead atoms. The summed E-state index contributed by atoms with van der Waals surface area (Å²) in [6.07, 6.45) is 0.947. The van der Waals surface area contributed by atoms with Gasteiger partial charge in [0.15, 0.2) is 17.5 Å². The molecule has 3 N–H and O–H groups in total. The van der Waals surface area contributed by atoms with Gasteiger partial charge in [-0.15, -0.1) is 0 Å². The van der Waals surface area contributed by atoms with Gasteiger partial charge >= 0.3 is 0 Å². The van der Waals surface area contributed by atoms with Gasteiger partial charge < -0.3 is 30.0 Å². The number of aliphatic imine (C=N–C) groups is 1. The number of benzene rings is 1. The van der Waals surface area contributed by atoms with Crippen LogP contribution in [0.25, 0.3) is 0 Å². The molecule has 0 amide bonds. The average Bonchev–Trinajstić information content (AvgIpc) is 2.75. The van der Waals surface area contributed by atoms with Crippen molar-refractivity contribution in [3.63, 3.8) is 0 Å². The van der Waals surface area contributed by atoms with Crippen LogP contribution >= 0.6 is 0 Å². The summed E-state index contributed by atoms with van der Waals surface area (Å²) in [6.45, 7) is 12.0. The lowest BCUT2D eigenvalue weighted by Gasteiger charge is -2.34. The first-order chi connectivity index (χ1) is 14.5. The van der Waals surface area contributed by atoms with E-state index in [0.717, 1.165) is 50.6 Å². The van der Waals surface area contributed by atoms with Gasteiger partial charge in [0.2, 0.25) is 0 Å². The molecule has 1 aromatic carbocycles. The van der Waals surface area contributed by atoms with E-state index < -0.39 is 5.60 Å². The van der Waals surface area contributed by atoms with Crippen LogP contribution < -0.4 is 20.1 Å². The van der Waals surface area contributed by atoms with E-state index in [1.807, 2.05) is 32.0 Å². The van der Waals surface area contributed by atoms with Gasteiger partial charge in [0.05, 0.1) is 39.1 Å². The van der Waals surface area contributed by atoms with Gasteiger partial charge in [0.25, 0.3) is 0 Å². The molecule has 1 fully saturated rings. The molecule has 1 aliphatic heterocycles. The smallest absolute Gasteiger partial charge is 0.191 e. The molecule has 0 aliphatic carbocycles. The number of hydrogen-bond acceptors (Lipinski definition) is 6. The second kappa shape index (κ2) is 12.6. The highest BCUT2D eigenvalue weighted by atomic mass is 16.5. The van der Waals surface area contributed by atoms with Crippen LogP contribution in [0.3, 0.4) is 0 Å². The van der Waals surface area contributed by atoms with Gasteiger partial charge in [0.1, 0.15) is 0 Å². The number of guanidine groups is 1. The van der Waals surface area contributed by atoms with E-state index in [0.29, 0.717) is 38.0 Å². The van der Waals surface area contributed by atoms with Crippen LogP contribution in [-0.2, 0) is 11.3 Å². The Hall–Kier alpha value is -2.03. The topological polar surface area (TPSA) is 87.6 Å². The Bertz CT molecular complexity index is 661. The number of rotatable bonds is 11. The molecule has 1 unspecified atom stereocenters. The van der Waals surface area contributed by atoms with Crippen LogP contribution in [-0.4, -0.2) is 81.2 Å². The van der Waals surface area contributed by atoms with Crippen LogP contribution in [0.4, 0.5) is 0 Å². The highest BCUT2D eigenvalue weighted by Crippen LogP contribution is 2.28. The second-order valence-corrected chi connectivity index (χ2v) is 7.77. The molecular formula is C22H38N4O4. The number of β-amino-alcohol motifs (C(OH)–C–C–N with tert-alkyl or cyclic N) is 1. The third kappa shape index (κ3) is 8.38. The fourth-order valence-electron chi connectivity index (χ4n) is 3.22. The Kier molecular flexibility index (Phi) is 10.2. The van der Waals surface area contributed by atoms with Crippen molar-refractivity contribution < 1.29 is 19.3 Å². The third-order valence-electron chi connectivity index (χ3n) is 4.76. The summed E-state index contributed by atoms with van der Waals surface area (Å²) in [4.78, 5) is 6.88. The summed E-state index contributed by atoms with van der Waals surface area (Å²) in [7, 11) is 1.64. The van der Waals surface area contributed by atoms with Crippen LogP contribution in [0.2, 0.25) is 0 Å². The molecule has 0 saturated carbocycles. The Labute approximate surface area is 180 Å². The van der Waals surface area contributed by atoms with Crippen molar-refractivity contribution in [3.05, 3.63) is 23.8 Å². The van der Waals surface area contributed by atoms with E-state index >= 15 is 0 Å². The van der Waals surface area contributed by atoms with Gasteiger partial charge in [0, 0.05) is 32.7 Å². The largest absolute Gasteiger partial charge is 0.493 e. The summed E-state index contributed by atoms with van der Waals surface area (Å²) in [6, 6.07) is 5.87. The maximum absolute atomic E-state index is 10.8. The maximum atomic E-state index is 10.8. The number of morpholine rings is 1. The molecule has 1 atom stereocenters. The molecule has 1 aromatic rings. The van der Waals surface area contributed by atoms with E-state index in [-0.39, 0.29) is 0 Å². The number of nitrogens with one attached hydrogen (secondary N) is 2. The maximum Gasteiger partial charge on any atom is 0.191 e. The van der Waals surface area contributed by atoms with Gasteiger partial charge in [-0.05, 0) is 38.0 Å². The second-order valence-electron chi connectivity index (χ2n) is 7.77. The molecule has 1 aliphatic rings. The normalized spacial score (nSPS) is 17.3. The zero-order valence-corrected chi connectivity index (χ0v) is 18.9. The van der Waals surface area contributed by atoms with Crippen molar-refractivity contribution in [2.24, 2.45) is 4.99 Å². The number of ether oxygens (including phenoxy) is 3. The van der Waals surface area contributed by atoms with Crippen molar-refractivity contribution in [1.29, 1.82) is 0 Å². The van der Waals surface area contributed by atoms with E-state index in [1.165, 1.54) is 0 Å². The molecule has 1 heterocycles. The molecule has 0 aromatic heterocycles. The predicted molar refractivity (Wildman–Crippen MR) is 119 cm³/mol. The molecule has 1 saturated heterocycles. The lowest BCUT2D eigenvalue weighted by atomic mass is 10.1. The van der Waals surface area contributed by atoms with E-state index in [1.54, 1.807) is 7.11 Å². The highest BCUT2D eigenvalue weighted by Gasteiger charge is 2.25. The summed E-state index contributed by atoms with van der Waals surface area (Å²) in [5, 5.41) is 17.3. The minimum absolute atomic E-state index is 0.406. The fraction of sp³-hybridized carbons (Fsp3) is 0.682. The van der Waals surface area contributed by atoms with Crippen molar-refractivity contribution in [1.82, 2.24) is 15.5 Å². The molecular weight excluding hydrogens is 384 g/mol. The molecule has 0 radical (unpaired) electrons. The standard InChI is InChI=1S/C22H38N4O4/c1-5-11-30-19-8-7-18(14-20(19)28-4)15-24-21(23-6-2)25-16-22(3,27)17-26-9-12-29-13-10-26/h7-8,14,27H,5-6,9-13,15-17H2,1-4H3,(H2,23,24,25). The van der Waals surface area contributed by atoms with Crippen LogP contribution in [0.1, 0.15) is 32.8 Å². The summed E-state index contributed by atoms with van der Waals surface area (Å²) in [5.41, 5.74) is 0.155. The molecule has 30 heavy (non-hydrogen) atoms. The van der Waals surface area contributed by atoms with Crippen molar-refractivity contribution in [3.8, 4) is 11.5 Å². The van der Waals surface area contributed by atoms with Crippen LogP contribution in [0.5, 0.6) is 11.5 Å². The SMILES string of the molecule is CCCOc1ccc(CN=C(NCC)NCC(C)(O)CN2CCOCC2)cc1OC. The van der Waals surface area contributed by atoms with Crippen LogP contribution in [0, 0.1) is 0 Å². The van der Waals surface area contributed by atoms with Gasteiger partial charge in [-0.1, -0.05) is 13.0 Å². The van der Waals surface area contributed by atoms with E-state index in [9.17, 15) is 5.11 Å². The minimum Gasteiger partial charge on any atom is -0.493 e. The first kappa shape index (κ1) is 24.2. The molecule has 8 nitrogen and oxygen atoms in total. The minimum atomic E-state index is -0.866. The monoisotopic (exact) mass is 422 g/mol. The lowest BCUT2D eigenvalue weighted by Crippen LogP contribution is -2.52. The summed E-state index contributed by atoms with van der Waals surface area (Å²) >= 11 is 0. The van der Waals surface area contributed by atoms with Crippen molar-refractivity contribution in [2.75, 3.05) is 59.7 Å². The summed E-state index contributed by atoms with van der Waals surface area (Å²) < 4.78 is 16.5. The zero-order chi connectivity index (χ0) is 21.8. The molecule has 170 valence electrons. The number of aliphatic hydroxyl groups is 1. The molecule has 8 heteroatoms. The average molecular weight is 423 g/mol. The molecule has 0 spiro atoms. The third-order valence-corrected chi connectivity index (χ3v) is 4.76. The Morgan fingerprint density at radius 1 is 1.23 bits per heavy atom. The summed E-state index contributed by atoms with van der Waals surface area (Å²) in [5.74, 6) is 2.13. The Morgan fingerprint density at radius 3 is 2.67 bits per heavy atom. The highest BCUT2D eigenvalue weighted by molar-refractivity contribution is 5.79. The first-order valence-electron chi connectivity index (χ1n) is 10.8. The van der Waals surface area contributed by atoms with Gasteiger partial charge in [-0.3, -0.25) is 4.90 Å². The Morgan fingerprint density at radius 2 is 2.00 bits per heavy atom. The van der Waals surface area contributed by atoms with Crippen LogP contribution in [0.15, 0.2) is 23.2 Å². The van der Waals surface area contributed by atoms with Gasteiger partial charge in [-0.25, -0.2) is 4.99 Å². The number of methoxy groups -OCH3 is 1. The predicted octanol–water partition coefficient (Wildman–Crippen LogP) is 1.62. The number of nitrogens with zero attached hydrogens (tertiary/aromatic N) is 2. The first-order valence-corrected chi connectivity index (χ1v) is 10.8.